The van der Waals surface area contributed by atoms with Crippen molar-refractivity contribution in [1.82, 2.24) is 15.2 Å². The van der Waals surface area contributed by atoms with Crippen molar-refractivity contribution in [3.63, 3.8) is 0 Å². The number of esters is 1. The van der Waals surface area contributed by atoms with Crippen molar-refractivity contribution in [3.8, 4) is 11.6 Å². The van der Waals surface area contributed by atoms with Gasteiger partial charge in [0.25, 0.3) is 0 Å². The van der Waals surface area contributed by atoms with Crippen LogP contribution in [0.5, 0.6) is 11.6 Å². The molecule has 3 heterocycles. The van der Waals surface area contributed by atoms with Crippen LogP contribution in [0.25, 0.3) is 10.8 Å². The number of nitrogens with zero attached hydrogens (tertiary/aromatic N) is 2. The number of benzene rings is 1. The number of carbonyl (C=O) groups is 3. The van der Waals surface area contributed by atoms with Gasteiger partial charge in [0.1, 0.15) is 23.2 Å². The Labute approximate surface area is 293 Å². The van der Waals surface area contributed by atoms with E-state index in [4.69, 9.17) is 14.2 Å². The number of aryl methyl sites for hydroxylation is 1. The highest BCUT2D eigenvalue weighted by molar-refractivity contribution is 7.54. The van der Waals surface area contributed by atoms with Gasteiger partial charge >= 0.3 is 13.6 Å². The molecule has 0 spiro atoms. The molecule has 4 bridgehead atoms. The van der Waals surface area contributed by atoms with Crippen molar-refractivity contribution in [2.75, 3.05) is 20.3 Å². The third-order valence-electron chi connectivity index (χ3n) is 11.2. The van der Waals surface area contributed by atoms with Gasteiger partial charge in [0.15, 0.2) is 0 Å². The monoisotopic (exact) mass is 711 g/mol. The number of fused-ring (bicyclic) bond motifs is 3. The summed E-state index contributed by atoms with van der Waals surface area (Å²) in [7, 11) is -3.14. The zero-order valence-electron chi connectivity index (χ0n) is 29.3. The largest absolute Gasteiger partial charge is 0.496 e. The SMILES string of the molecule is C=C[C@@H]1C[C@]1(NC(=O)[C@@H]1C[C@@H]2CN1C(=O)[C@H](C1CCCCC1)CC(=O)OCC(C)(C)CCCc1cc3c(nccc3cc1OC)O2)P(=O)(O)O. The van der Waals surface area contributed by atoms with Crippen LogP contribution < -0.4 is 14.8 Å². The molecule has 12 nitrogen and oxygen atoms in total. The fourth-order valence-corrected chi connectivity index (χ4v) is 9.41. The van der Waals surface area contributed by atoms with Gasteiger partial charge in [0, 0.05) is 23.9 Å². The first-order chi connectivity index (χ1) is 23.7. The van der Waals surface area contributed by atoms with E-state index < -0.39 is 48.7 Å². The maximum atomic E-state index is 14.7. The number of rotatable bonds is 6. The van der Waals surface area contributed by atoms with Crippen molar-refractivity contribution in [2.45, 2.75) is 102 Å². The Hall–Kier alpha value is -3.47. The molecule has 1 aromatic carbocycles. The number of nitrogens with one attached hydrogen (secondary N) is 1. The number of carbonyl (C=O) groups excluding carboxylic acids is 3. The van der Waals surface area contributed by atoms with E-state index in [0.29, 0.717) is 5.88 Å². The number of aromatic nitrogens is 1. The summed E-state index contributed by atoms with van der Waals surface area (Å²) >= 11 is 0. The summed E-state index contributed by atoms with van der Waals surface area (Å²) in [5.41, 5.74) is 0.670. The molecule has 1 aromatic heterocycles. The Balaban J connectivity index is 1.39. The molecule has 272 valence electrons. The molecule has 6 rings (SSSR count). The first-order valence-corrected chi connectivity index (χ1v) is 19.4. The van der Waals surface area contributed by atoms with Gasteiger partial charge in [-0.25, -0.2) is 4.98 Å². The summed E-state index contributed by atoms with van der Waals surface area (Å²) in [4.78, 5) is 68.7. The summed E-state index contributed by atoms with van der Waals surface area (Å²) in [6.07, 6.45) is 9.28. The molecule has 3 fully saturated rings. The van der Waals surface area contributed by atoms with Crippen LogP contribution in [0.15, 0.2) is 37.1 Å². The lowest BCUT2D eigenvalue weighted by Gasteiger charge is -2.34. The van der Waals surface area contributed by atoms with Gasteiger partial charge in [-0.05, 0) is 79.0 Å². The van der Waals surface area contributed by atoms with Crippen LogP contribution in [0.3, 0.4) is 0 Å². The average molecular weight is 712 g/mol. The maximum absolute atomic E-state index is 14.7. The zero-order chi connectivity index (χ0) is 35.8. The second kappa shape index (κ2) is 14.3. The number of methoxy groups -OCH3 is 1. The lowest BCUT2D eigenvalue weighted by molar-refractivity contribution is -0.154. The third kappa shape index (κ3) is 7.44. The van der Waals surface area contributed by atoms with E-state index in [1.807, 2.05) is 18.2 Å². The number of amides is 2. The molecule has 3 N–H and O–H groups in total. The van der Waals surface area contributed by atoms with E-state index in [-0.39, 0.29) is 49.7 Å². The highest BCUT2D eigenvalue weighted by Gasteiger charge is 2.66. The van der Waals surface area contributed by atoms with Gasteiger partial charge in [0.05, 0.1) is 32.6 Å². The minimum Gasteiger partial charge on any atom is -0.496 e. The second-order valence-corrected chi connectivity index (χ2v) is 17.3. The summed E-state index contributed by atoms with van der Waals surface area (Å²) in [6.45, 7) is 8.05. The van der Waals surface area contributed by atoms with Gasteiger partial charge in [0.2, 0.25) is 17.7 Å². The van der Waals surface area contributed by atoms with E-state index in [2.05, 4.69) is 30.7 Å². The van der Waals surface area contributed by atoms with Gasteiger partial charge in [-0.2, -0.15) is 0 Å². The van der Waals surface area contributed by atoms with Gasteiger partial charge in [-0.15, -0.1) is 6.58 Å². The normalized spacial score (nSPS) is 29.4. The van der Waals surface area contributed by atoms with Crippen LogP contribution in [0.1, 0.15) is 83.6 Å². The Morgan fingerprint density at radius 2 is 1.94 bits per heavy atom. The lowest BCUT2D eigenvalue weighted by atomic mass is 9.77. The zero-order valence-corrected chi connectivity index (χ0v) is 30.2. The number of pyridine rings is 1. The fourth-order valence-electron chi connectivity index (χ4n) is 8.18. The van der Waals surface area contributed by atoms with Gasteiger partial charge in [-0.3, -0.25) is 18.9 Å². The van der Waals surface area contributed by atoms with E-state index in [0.717, 1.165) is 73.5 Å². The molecule has 5 atom stereocenters. The fraction of sp³-hybridized carbons (Fsp3) is 0.622. The van der Waals surface area contributed by atoms with Crippen molar-refractivity contribution in [1.29, 1.82) is 0 Å². The van der Waals surface area contributed by atoms with Crippen LogP contribution in [0.2, 0.25) is 0 Å². The van der Waals surface area contributed by atoms with Crippen LogP contribution >= 0.6 is 7.60 Å². The van der Waals surface area contributed by atoms with Gasteiger partial charge < -0.3 is 34.2 Å². The minimum atomic E-state index is -4.78. The second-order valence-electron chi connectivity index (χ2n) is 15.4. The molecule has 2 aliphatic heterocycles. The Bertz CT molecular complexity index is 1690. The van der Waals surface area contributed by atoms with E-state index in [1.54, 1.807) is 13.3 Å². The first-order valence-electron chi connectivity index (χ1n) is 17.8. The summed E-state index contributed by atoms with van der Waals surface area (Å²) < 4.78 is 30.7. The number of hydrogen-bond acceptors (Lipinski definition) is 8. The molecule has 50 heavy (non-hydrogen) atoms. The maximum Gasteiger partial charge on any atom is 0.351 e. The third-order valence-corrected chi connectivity index (χ3v) is 12.9. The predicted molar refractivity (Wildman–Crippen MR) is 186 cm³/mol. The summed E-state index contributed by atoms with van der Waals surface area (Å²) in [6, 6.07) is 4.75. The Morgan fingerprint density at radius 3 is 2.62 bits per heavy atom. The molecule has 4 aliphatic rings. The van der Waals surface area contributed by atoms with E-state index in [1.165, 1.54) is 11.0 Å². The summed E-state index contributed by atoms with van der Waals surface area (Å²) in [5.74, 6) is -1.74. The van der Waals surface area contributed by atoms with Crippen LogP contribution in [-0.2, 0) is 30.1 Å². The molecule has 2 aliphatic carbocycles. The van der Waals surface area contributed by atoms with Crippen molar-refractivity contribution >= 4 is 36.2 Å². The Kier molecular flexibility index (Phi) is 10.4. The molecule has 13 heteroatoms. The van der Waals surface area contributed by atoms with Crippen molar-refractivity contribution in [2.24, 2.45) is 23.2 Å². The molecule has 1 saturated heterocycles. The molecule has 0 radical (unpaired) electrons. The Morgan fingerprint density at radius 1 is 1.18 bits per heavy atom. The van der Waals surface area contributed by atoms with Crippen molar-refractivity contribution < 1.29 is 42.9 Å². The van der Waals surface area contributed by atoms with Crippen LogP contribution in [0.4, 0.5) is 0 Å². The smallest absolute Gasteiger partial charge is 0.351 e. The topological polar surface area (TPSA) is 165 Å². The minimum absolute atomic E-state index is 0.0388. The van der Waals surface area contributed by atoms with Crippen LogP contribution in [0, 0.1) is 23.2 Å². The molecule has 2 aromatic rings. The molecular weight excluding hydrogens is 661 g/mol. The number of ether oxygens (including phenoxy) is 3. The van der Waals surface area contributed by atoms with Crippen LogP contribution in [-0.4, -0.2) is 75.1 Å². The predicted octanol–water partition coefficient (Wildman–Crippen LogP) is 5.28. The average Bonchev–Trinajstić information content (AvgIpc) is 3.66. The van der Waals surface area contributed by atoms with E-state index >= 15 is 0 Å². The van der Waals surface area contributed by atoms with Crippen molar-refractivity contribution in [3.05, 3.63) is 42.6 Å². The lowest BCUT2D eigenvalue weighted by Crippen LogP contribution is -2.52. The highest BCUT2D eigenvalue weighted by atomic mass is 31.2. The standard InChI is InChI=1S/C37H50N3O9P/c1-5-26-20-37(26,50(44,45)46)39-33(42)30-18-27-21-40(30)35(43)29(23-10-7-6-8-11-23)19-32(41)48-22-36(2,3)14-9-12-25-16-28-24(17-31(25)47-4)13-15-38-34(28)49-27/h5,13,15-17,23,26-27,29-30H,1,6-12,14,18-22H2,2-4H3,(H,39,42)(H2,44,45,46)/t26-,27-,29+,30+,37+/m1/s1. The summed E-state index contributed by atoms with van der Waals surface area (Å²) in [5, 5.41) is 2.51. The molecule has 0 unspecified atom stereocenters. The molecule has 2 amide bonds. The first kappa shape index (κ1) is 36.3. The molecular formula is C37H50N3O9P. The highest BCUT2D eigenvalue weighted by Crippen LogP contribution is 2.67. The quantitative estimate of drug-likeness (QED) is 0.204. The van der Waals surface area contributed by atoms with Gasteiger partial charge in [-0.1, -0.05) is 39.2 Å². The number of hydrogen-bond donors (Lipinski definition) is 3. The van der Waals surface area contributed by atoms with E-state index in [9.17, 15) is 28.7 Å². The molecule has 2 saturated carbocycles. The number of cyclic esters (lactones) is 1.